The number of anilines is 1. The summed E-state index contributed by atoms with van der Waals surface area (Å²) >= 11 is 0. The predicted molar refractivity (Wildman–Crippen MR) is 115 cm³/mol. The van der Waals surface area contributed by atoms with Crippen LogP contribution in [0.2, 0.25) is 0 Å². The molecule has 2 unspecified atom stereocenters. The third-order valence-corrected chi connectivity index (χ3v) is 6.27. The summed E-state index contributed by atoms with van der Waals surface area (Å²) in [4.78, 5) is 26.6. The molecule has 0 aliphatic carbocycles. The summed E-state index contributed by atoms with van der Waals surface area (Å²) in [5.41, 5.74) is 2.33. The smallest absolute Gasteiger partial charge is 0.319 e. The number of carbonyl (C=O) groups excluding carboxylic acids is 2. The minimum Gasteiger partial charge on any atom is -0.335 e. The molecular formula is C24H28FN3O2. The van der Waals surface area contributed by atoms with Crippen molar-refractivity contribution in [3.63, 3.8) is 0 Å². The first-order chi connectivity index (χ1) is 14.5. The normalized spacial score (nSPS) is 23.6. The second-order valence-electron chi connectivity index (χ2n) is 8.44. The van der Waals surface area contributed by atoms with E-state index in [2.05, 4.69) is 15.5 Å². The Balaban J connectivity index is 1.35. The van der Waals surface area contributed by atoms with Gasteiger partial charge in [0, 0.05) is 35.9 Å². The SMILES string of the molecule is CC(=O)c1cccc(NC(=O)NC2CC3CCCC(C2)N3Cc2ccc(F)cc2)c1. The Morgan fingerprint density at radius 3 is 2.43 bits per heavy atom. The summed E-state index contributed by atoms with van der Waals surface area (Å²) in [5, 5.41) is 5.98. The van der Waals surface area contributed by atoms with Crippen LogP contribution in [0.4, 0.5) is 14.9 Å². The first kappa shape index (κ1) is 20.5. The minimum absolute atomic E-state index is 0.0274. The molecule has 2 aliphatic rings. The van der Waals surface area contributed by atoms with E-state index < -0.39 is 0 Å². The van der Waals surface area contributed by atoms with E-state index >= 15 is 0 Å². The van der Waals surface area contributed by atoms with Crippen LogP contribution in [-0.4, -0.2) is 34.8 Å². The number of urea groups is 1. The minimum atomic E-state index is -0.231. The molecule has 2 bridgehead atoms. The zero-order chi connectivity index (χ0) is 21.1. The Hall–Kier alpha value is -2.73. The number of benzene rings is 2. The zero-order valence-electron chi connectivity index (χ0n) is 17.2. The second-order valence-corrected chi connectivity index (χ2v) is 8.44. The average molecular weight is 410 g/mol. The second kappa shape index (κ2) is 8.96. The molecule has 2 aliphatic heterocycles. The van der Waals surface area contributed by atoms with E-state index in [0.29, 0.717) is 23.3 Å². The van der Waals surface area contributed by atoms with E-state index in [1.807, 2.05) is 12.1 Å². The summed E-state index contributed by atoms with van der Waals surface area (Å²) in [6.45, 7) is 2.34. The summed E-state index contributed by atoms with van der Waals surface area (Å²) in [6.07, 6.45) is 5.29. The maximum Gasteiger partial charge on any atom is 0.319 e. The quantitative estimate of drug-likeness (QED) is 0.702. The lowest BCUT2D eigenvalue weighted by atomic mass is 9.81. The summed E-state index contributed by atoms with van der Waals surface area (Å²) in [6, 6.07) is 14.5. The lowest BCUT2D eigenvalue weighted by Gasteiger charge is -2.49. The highest BCUT2D eigenvalue weighted by Crippen LogP contribution is 2.35. The average Bonchev–Trinajstić information content (AvgIpc) is 2.70. The fourth-order valence-electron chi connectivity index (χ4n) is 4.82. The third kappa shape index (κ3) is 4.87. The fourth-order valence-corrected chi connectivity index (χ4v) is 4.82. The predicted octanol–water partition coefficient (Wildman–Crippen LogP) is 4.74. The summed E-state index contributed by atoms with van der Waals surface area (Å²) in [5.74, 6) is -0.234. The van der Waals surface area contributed by atoms with Gasteiger partial charge < -0.3 is 10.6 Å². The van der Waals surface area contributed by atoms with Crippen molar-refractivity contribution >= 4 is 17.5 Å². The first-order valence-electron chi connectivity index (χ1n) is 10.7. The number of ketones is 1. The highest BCUT2D eigenvalue weighted by molar-refractivity contribution is 5.96. The fraction of sp³-hybridized carbons (Fsp3) is 0.417. The first-order valence-corrected chi connectivity index (χ1v) is 10.7. The Morgan fingerprint density at radius 2 is 1.77 bits per heavy atom. The Bertz CT molecular complexity index is 901. The number of hydrogen-bond acceptors (Lipinski definition) is 3. The highest BCUT2D eigenvalue weighted by Gasteiger charge is 2.38. The number of fused-ring (bicyclic) bond motifs is 2. The van der Waals surface area contributed by atoms with Gasteiger partial charge in [-0.25, -0.2) is 9.18 Å². The van der Waals surface area contributed by atoms with Crippen molar-refractivity contribution in [2.75, 3.05) is 5.32 Å². The molecule has 2 saturated heterocycles. The molecule has 2 aromatic carbocycles. The van der Waals surface area contributed by atoms with Crippen LogP contribution < -0.4 is 10.6 Å². The monoisotopic (exact) mass is 409 g/mol. The lowest BCUT2D eigenvalue weighted by Crippen LogP contribution is -2.56. The molecule has 158 valence electrons. The summed E-state index contributed by atoms with van der Waals surface area (Å²) < 4.78 is 13.2. The molecule has 0 spiro atoms. The van der Waals surface area contributed by atoms with Crippen molar-refractivity contribution in [2.24, 2.45) is 0 Å². The maximum atomic E-state index is 13.2. The van der Waals surface area contributed by atoms with Gasteiger partial charge >= 0.3 is 6.03 Å². The van der Waals surface area contributed by atoms with Crippen LogP contribution >= 0.6 is 0 Å². The Labute approximate surface area is 176 Å². The number of carbonyl (C=O) groups is 2. The van der Waals surface area contributed by atoms with E-state index in [0.717, 1.165) is 37.8 Å². The third-order valence-electron chi connectivity index (χ3n) is 6.27. The van der Waals surface area contributed by atoms with E-state index in [1.165, 1.54) is 25.5 Å². The number of amides is 2. The van der Waals surface area contributed by atoms with Gasteiger partial charge in [-0.05, 0) is 62.4 Å². The largest absolute Gasteiger partial charge is 0.335 e. The number of nitrogens with zero attached hydrogens (tertiary/aromatic N) is 1. The van der Waals surface area contributed by atoms with Gasteiger partial charge in [0.05, 0.1) is 0 Å². The Kier molecular flexibility index (Phi) is 6.13. The van der Waals surface area contributed by atoms with Gasteiger partial charge in [0.15, 0.2) is 5.78 Å². The molecule has 0 radical (unpaired) electrons. The van der Waals surface area contributed by atoms with Crippen molar-refractivity contribution in [1.29, 1.82) is 0 Å². The van der Waals surface area contributed by atoms with Crippen molar-refractivity contribution in [1.82, 2.24) is 10.2 Å². The molecule has 2 heterocycles. The van der Waals surface area contributed by atoms with Gasteiger partial charge in [-0.15, -0.1) is 0 Å². The van der Waals surface area contributed by atoms with Crippen molar-refractivity contribution in [2.45, 2.75) is 63.7 Å². The number of piperidine rings is 2. The van der Waals surface area contributed by atoms with E-state index in [-0.39, 0.29) is 23.7 Å². The van der Waals surface area contributed by atoms with Crippen LogP contribution in [0.5, 0.6) is 0 Å². The molecule has 0 saturated carbocycles. The molecule has 2 atom stereocenters. The van der Waals surface area contributed by atoms with Crippen molar-refractivity contribution in [3.8, 4) is 0 Å². The molecule has 30 heavy (non-hydrogen) atoms. The van der Waals surface area contributed by atoms with Crippen molar-refractivity contribution < 1.29 is 14.0 Å². The molecular weight excluding hydrogens is 381 g/mol. The number of Topliss-reactive ketones (excluding diaryl/α,β-unsaturated/α-hetero) is 1. The van der Waals surface area contributed by atoms with E-state index in [4.69, 9.17) is 0 Å². The van der Waals surface area contributed by atoms with Crippen LogP contribution in [0.3, 0.4) is 0 Å². The van der Waals surface area contributed by atoms with Gasteiger partial charge in [-0.2, -0.15) is 0 Å². The van der Waals surface area contributed by atoms with Crippen LogP contribution in [0.25, 0.3) is 0 Å². The molecule has 0 aromatic heterocycles. The zero-order valence-corrected chi connectivity index (χ0v) is 17.2. The Morgan fingerprint density at radius 1 is 1.07 bits per heavy atom. The molecule has 6 heteroatoms. The van der Waals surface area contributed by atoms with E-state index in [1.54, 1.807) is 24.3 Å². The number of rotatable bonds is 5. The molecule has 4 rings (SSSR count). The topological polar surface area (TPSA) is 61.4 Å². The van der Waals surface area contributed by atoms with Gasteiger partial charge in [0.2, 0.25) is 0 Å². The number of halogens is 1. The molecule has 2 N–H and O–H groups in total. The molecule has 5 nitrogen and oxygen atoms in total. The van der Waals surface area contributed by atoms with Gasteiger partial charge in [-0.1, -0.05) is 30.7 Å². The summed E-state index contributed by atoms with van der Waals surface area (Å²) in [7, 11) is 0. The van der Waals surface area contributed by atoms with Gasteiger partial charge in [-0.3, -0.25) is 9.69 Å². The van der Waals surface area contributed by atoms with Gasteiger partial charge in [0.25, 0.3) is 0 Å². The maximum absolute atomic E-state index is 13.2. The van der Waals surface area contributed by atoms with Gasteiger partial charge in [0.1, 0.15) is 5.82 Å². The number of nitrogens with one attached hydrogen (secondary N) is 2. The highest BCUT2D eigenvalue weighted by atomic mass is 19.1. The van der Waals surface area contributed by atoms with Crippen LogP contribution in [0, 0.1) is 5.82 Å². The molecule has 2 aromatic rings. The van der Waals surface area contributed by atoms with Crippen LogP contribution in [0.15, 0.2) is 48.5 Å². The van der Waals surface area contributed by atoms with Crippen LogP contribution in [0.1, 0.15) is 54.9 Å². The lowest BCUT2D eigenvalue weighted by molar-refractivity contribution is 0.0200. The standard InChI is InChI=1S/C24H28FN3O2/c1-16(29)18-4-2-5-20(12-18)26-24(30)27-21-13-22-6-3-7-23(14-21)28(22)15-17-8-10-19(25)11-9-17/h2,4-5,8-12,21-23H,3,6-7,13-15H2,1H3,(H2,26,27,30). The molecule has 2 fully saturated rings. The number of hydrogen-bond donors (Lipinski definition) is 2. The van der Waals surface area contributed by atoms with Crippen molar-refractivity contribution in [3.05, 3.63) is 65.5 Å². The molecule has 2 amide bonds. The van der Waals surface area contributed by atoms with Crippen LogP contribution in [-0.2, 0) is 6.54 Å². The van der Waals surface area contributed by atoms with E-state index in [9.17, 15) is 14.0 Å².